The third-order valence-electron chi connectivity index (χ3n) is 3.87. The molecule has 0 spiro atoms. The Balaban J connectivity index is 2.36. The van der Waals surface area contributed by atoms with Gasteiger partial charge < -0.3 is 15.2 Å². The molecule has 0 bridgehead atoms. The molecular formula is C15H21F3N2O2. The lowest BCUT2D eigenvalue weighted by atomic mass is 9.98. The fraction of sp³-hybridized carbons (Fsp3) is 0.600. The molecule has 2 rings (SSSR count). The minimum absolute atomic E-state index is 0.0762. The second kappa shape index (κ2) is 7.30. The second-order valence-electron chi connectivity index (χ2n) is 5.31. The molecule has 0 saturated carbocycles. The summed E-state index contributed by atoms with van der Waals surface area (Å²) in [4.78, 5) is 2.10. The summed E-state index contributed by atoms with van der Waals surface area (Å²) < 4.78 is 44.2. The Kier molecular flexibility index (Phi) is 5.66. The first-order valence-electron chi connectivity index (χ1n) is 7.27. The van der Waals surface area contributed by atoms with Gasteiger partial charge in [0, 0.05) is 38.8 Å². The van der Waals surface area contributed by atoms with Gasteiger partial charge in [0.15, 0.2) is 0 Å². The van der Waals surface area contributed by atoms with E-state index in [2.05, 4.69) is 10.2 Å². The Bertz CT molecular complexity index is 488. The van der Waals surface area contributed by atoms with Gasteiger partial charge in [-0.1, -0.05) is 0 Å². The highest BCUT2D eigenvalue weighted by Crippen LogP contribution is 2.36. The maximum atomic E-state index is 13.0. The van der Waals surface area contributed by atoms with Gasteiger partial charge in [-0.05, 0) is 30.2 Å². The number of aliphatic hydroxyl groups is 1. The lowest BCUT2D eigenvalue weighted by Crippen LogP contribution is -2.45. The number of piperazine rings is 1. The van der Waals surface area contributed by atoms with Gasteiger partial charge in [-0.25, -0.2) is 0 Å². The quantitative estimate of drug-likeness (QED) is 0.872. The minimum Gasteiger partial charge on any atom is -0.497 e. The zero-order valence-corrected chi connectivity index (χ0v) is 12.5. The summed E-state index contributed by atoms with van der Waals surface area (Å²) in [5.41, 5.74) is -0.192. The first-order valence-corrected chi connectivity index (χ1v) is 7.27. The molecule has 1 atom stereocenters. The number of alkyl halides is 3. The van der Waals surface area contributed by atoms with Crippen LogP contribution in [0.4, 0.5) is 13.2 Å². The van der Waals surface area contributed by atoms with Crippen LogP contribution in [-0.2, 0) is 6.18 Å². The van der Waals surface area contributed by atoms with Crippen molar-refractivity contribution in [3.63, 3.8) is 0 Å². The molecule has 0 aromatic heterocycles. The highest BCUT2D eigenvalue weighted by Gasteiger charge is 2.33. The SMILES string of the molecule is COc1cc([C@H](CCO)N2CCNCC2)cc(C(F)(F)F)c1. The standard InChI is InChI=1S/C15H21F3N2O2/c1-22-13-9-11(8-12(10-13)15(16,17)18)14(2-7-21)20-5-3-19-4-6-20/h8-10,14,19,21H,2-7H2,1H3/t14-/m0/s1. The van der Waals surface area contributed by atoms with Crippen LogP contribution in [0.5, 0.6) is 5.75 Å². The summed E-state index contributed by atoms with van der Waals surface area (Å²) in [5, 5.41) is 12.5. The average molecular weight is 318 g/mol. The van der Waals surface area contributed by atoms with Crippen molar-refractivity contribution in [1.82, 2.24) is 10.2 Å². The van der Waals surface area contributed by atoms with Crippen LogP contribution in [0.2, 0.25) is 0 Å². The molecular weight excluding hydrogens is 297 g/mol. The summed E-state index contributed by atoms with van der Waals surface area (Å²) in [5.74, 6) is 0.183. The van der Waals surface area contributed by atoms with Gasteiger partial charge in [0.25, 0.3) is 0 Å². The molecule has 4 nitrogen and oxygen atoms in total. The van der Waals surface area contributed by atoms with E-state index in [1.807, 2.05) is 0 Å². The topological polar surface area (TPSA) is 44.7 Å². The number of halogens is 3. The number of hydrogen-bond acceptors (Lipinski definition) is 4. The number of methoxy groups -OCH3 is 1. The van der Waals surface area contributed by atoms with Crippen LogP contribution >= 0.6 is 0 Å². The van der Waals surface area contributed by atoms with Crippen molar-refractivity contribution >= 4 is 0 Å². The molecule has 1 fully saturated rings. The van der Waals surface area contributed by atoms with Crippen LogP contribution in [0.15, 0.2) is 18.2 Å². The fourth-order valence-electron chi connectivity index (χ4n) is 2.77. The molecule has 0 aliphatic carbocycles. The highest BCUT2D eigenvalue weighted by atomic mass is 19.4. The lowest BCUT2D eigenvalue weighted by Gasteiger charge is -2.35. The van der Waals surface area contributed by atoms with Gasteiger partial charge in [-0.2, -0.15) is 13.2 Å². The Morgan fingerprint density at radius 1 is 1.27 bits per heavy atom. The molecule has 0 unspecified atom stereocenters. The summed E-state index contributed by atoms with van der Waals surface area (Å²) in [6.07, 6.45) is -4.03. The molecule has 0 amide bonds. The molecule has 1 aliphatic rings. The Morgan fingerprint density at radius 2 is 1.95 bits per heavy atom. The average Bonchev–Trinajstić information content (AvgIpc) is 2.52. The number of nitrogens with zero attached hydrogens (tertiary/aromatic N) is 1. The third-order valence-corrected chi connectivity index (χ3v) is 3.87. The third kappa shape index (κ3) is 4.12. The van der Waals surface area contributed by atoms with Crippen molar-refractivity contribution in [3.05, 3.63) is 29.3 Å². The monoisotopic (exact) mass is 318 g/mol. The number of ether oxygens (including phenoxy) is 1. The molecule has 1 saturated heterocycles. The van der Waals surface area contributed by atoms with Gasteiger partial charge in [-0.3, -0.25) is 4.90 Å². The summed E-state index contributed by atoms with van der Waals surface area (Å²) in [7, 11) is 1.35. The van der Waals surface area contributed by atoms with E-state index < -0.39 is 11.7 Å². The van der Waals surface area contributed by atoms with E-state index in [0.29, 0.717) is 12.0 Å². The van der Waals surface area contributed by atoms with E-state index >= 15 is 0 Å². The lowest BCUT2D eigenvalue weighted by molar-refractivity contribution is -0.137. The molecule has 1 heterocycles. The largest absolute Gasteiger partial charge is 0.497 e. The van der Waals surface area contributed by atoms with Crippen LogP contribution in [0.1, 0.15) is 23.6 Å². The smallest absolute Gasteiger partial charge is 0.416 e. The molecule has 1 aromatic rings. The van der Waals surface area contributed by atoms with Gasteiger partial charge in [0.05, 0.1) is 12.7 Å². The number of nitrogens with one attached hydrogen (secondary N) is 1. The highest BCUT2D eigenvalue weighted by molar-refractivity contribution is 5.37. The van der Waals surface area contributed by atoms with Gasteiger partial charge in [0.1, 0.15) is 5.75 Å². The van der Waals surface area contributed by atoms with Gasteiger partial charge in [0.2, 0.25) is 0 Å². The first kappa shape index (κ1) is 17.1. The van der Waals surface area contributed by atoms with Crippen LogP contribution in [-0.4, -0.2) is 49.9 Å². The van der Waals surface area contributed by atoms with Crippen LogP contribution in [0.25, 0.3) is 0 Å². The van der Waals surface area contributed by atoms with Crippen molar-refractivity contribution < 1.29 is 23.0 Å². The summed E-state index contributed by atoms with van der Waals surface area (Å²) in [6.45, 7) is 2.98. The van der Waals surface area contributed by atoms with E-state index in [4.69, 9.17) is 4.74 Å². The fourth-order valence-corrected chi connectivity index (χ4v) is 2.77. The maximum Gasteiger partial charge on any atom is 0.416 e. The summed E-state index contributed by atoms with van der Waals surface area (Å²) in [6, 6.07) is 3.53. The van der Waals surface area contributed by atoms with E-state index in [1.165, 1.54) is 7.11 Å². The van der Waals surface area contributed by atoms with Crippen molar-refractivity contribution in [2.45, 2.75) is 18.6 Å². The predicted molar refractivity (Wildman–Crippen MR) is 76.9 cm³/mol. The molecule has 2 N–H and O–H groups in total. The van der Waals surface area contributed by atoms with Gasteiger partial charge >= 0.3 is 6.18 Å². The van der Waals surface area contributed by atoms with Gasteiger partial charge in [-0.15, -0.1) is 0 Å². The molecule has 1 aliphatic heterocycles. The van der Waals surface area contributed by atoms with Crippen LogP contribution < -0.4 is 10.1 Å². The van der Waals surface area contributed by atoms with E-state index in [0.717, 1.165) is 38.3 Å². The van der Waals surface area contributed by atoms with E-state index in [1.54, 1.807) is 6.07 Å². The summed E-state index contributed by atoms with van der Waals surface area (Å²) >= 11 is 0. The molecule has 7 heteroatoms. The van der Waals surface area contributed by atoms with Crippen molar-refractivity contribution in [2.75, 3.05) is 39.9 Å². The number of benzene rings is 1. The maximum absolute atomic E-state index is 13.0. The minimum atomic E-state index is -4.42. The molecule has 1 aromatic carbocycles. The van der Waals surface area contributed by atoms with Crippen molar-refractivity contribution in [1.29, 1.82) is 0 Å². The molecule has 124 valence electrons. The van der Waals surface area contributed by atoms with E-state index in [9.17, 15) is 18.3 Å². The van der Waals surface area contributed by atoms with Crippen molar-refractivity contribution in [2.24, 2.45) is 0 Å². The normalized spacial score (nSPS) is 18.2. The Hall–Kier alpha value is -1.31. The molecule has 0 radical (unpaired) electrons. The second-order valence-corrected chi connectivity index (χ2v) is 5.31. The number of hydrogen-bond donors (Lipinski definition) is 2. The molecule has 22 heavy (non-hydrogen) atoms. The number of rotatable bonds is 5. The number of aliphatic hydroxyl groups excluding tert-OH is 1. The zero-order valence-electron chi connectivity index (χ0n) is 12.5. The van der Waals surface area contributed by atoms with Crippen molar-refractivity contribution in [3.8, 4) is 5.75 Å². The Labute approximate surface area is 127 Å². The predicted octanol–water partition coefficient (Wildman–Crippen LogP) is 2.04. The first-order chi connectivity index (χ1) is 10.5. The zero-order chi connectivity index (χ0) is 16.2. The van der Waals surface area contributed by atoms with Crippen LogP contribution in [0.3, 0.4) is 0 Å². The van der Waals surface area contributed by atoms with Crippen LogP contribution in [0, 0.1) is 0 Å². The Morgan fingerprint density at radius 3 is 2.50 bits per heavy atom. The van der Waals surface area contributed by atoms with E-state index in [-0.39, 0.29) is 18.4 Å².